The topological polar surface area (TPSA) is 15.3 Å². The lowest BCUT2D eigenvalue weighted by Gasteiger charge is -2.21. The Morgan fingerprint density at radius 1 is 1.20 bits per heavy atom. The number of nitrogens with zero attached hydrogens (tertiary/aromatic N) is 1. The van der Waals surface area contributed by atoms with Crippen LogP contribution in [0.25, 0.3) is 0 Å². The highest BCUT2D eigenvalue weighted by molar-refractivity contribution is 4.91. The van der Waals surface area contributed by atoms with Gasteiger partial charge >= 0.3 is 0 Å². The first kappa shape index (κ1) is 14.5. The summed E-state index contributed by atoms with van der Waals surface area (Å²) >= 11 is 0. The second-order valence-corrected chi connectivity index (χ2v) is 4.93. The van der Waals surface area contributed by atoms with Crippen molar-refractivity contribution in [3.8, 4) is 0 Å². The smallest absolute Gasteiger partial charge is 0.0201 e. The van der Waals surface area contributed by atoms with E-state index in [1.165, 1.54) is 25.1 Å². The van der Waals surface area contributed by atoms with Gasteiger partial charge in [0.1, 0.15) is 0 Å². The summed E-state index contributed by atoms with van der Waals surface area (Å²) in [6.07, 6.45) is 3.59. The summed E-state index contributed by atoms with van der Waals surface area (Å²) in [4.78, 5) is 2.39. The lowest BCUT2D eigenvalue weighted by molar-refractivity contribution is 0.268. The Bertz CT molecular complexity index is 173. The first-order valence-corrected chi connectivity index (χ1v) is 6.08. The molecular formula is C13H28N2. The Morgan fingerprint density at radius 3 is 2.27 bits per heavy atom. The van der Waals surface area contributed by atoms with Gasteiger partial charge < -0.3 is 10.2 Å². The SMILES string of the molecule is C=C(CCCCN(C)C(C)C)NC(C)C. The Labute approximate surface area is 95.7 Å². The second kappa shape index (κ2) is 7.75. The maximum Gasteiger partial charge on any atom is 0.0201 e. The molecule has 0 bridgehead atoms. The number of nitrogens with one attached hydrogen (secondary N) is 1. The van der Waals surface area contributed by atoms with Crippen LogP contribution in [-0.2, 0) is 0 Å². The van der Waals surface area contributed by atoms with E-state index in [4.69, 9.17) is 0 Å². The minimum Gasteiger partial charge on any atom is -0.387 e. The van der Waals surface area contributed by atoms with E-state index in [9.17, 15) is 0 Å². The fourth-order valence-corrected chi connectivity index (χ4v) is 1.44. The molecule has 2 nitrogen and oxygen atoms in total. The van der Waals surface area contributed by atoms with Gasteiger partial charge in [-0.1, -0.05) is 6.58 Å². The minimum absolute atomic E-state index is 0.510. The normalized spacial score (nSPS) is 11.5. The average Bonchev–Trinajstić information content (AvgIpc) is 2.10. The molecule has 0 unspecified atom stereocenters. The van der Waals surface area contributed by atoms with Gasteiger partial charge in [-0.05, 0) is 60.5 Å². The number of unbranched alkanes of at least 4 members (excludes halogenated alkanes) is 1. The highest BCUT2D eigenvalue weighted by Crippen LogP contribution is 2.05. The predicted molar refractivity (Wildman–Crippen MR) is 69.0 cm³/mol. The van der Waals surface area contributed by atoms with Gasteiger partial charge in [0.15, 0.2) is 0 Å². The first-order chi connectivity index (χ1) is 6.93. The van der Waals surface area contributed by atoms with Gasteiger partial charge in [0.25, 0.3) is 0 Å². The Morgan fingerprint density at radius 2 is 1.80 bits per heavy atom. The summed E-state index contributed by atoms with van der Waals surface area (Å²) in [5.74, 6) is 0. The van der Waals surface area contributed by atoms with Crippen LogP contribution < -0.4 is 5.32 Å². The Hall–Kier alpha value is -0.500. The highest BCUT2D eigenvalue weighted by Gasteiger charge is 2.02. The van der Waals surface area contributed by atoms with E-state index < -0.39 is 0 Å². The lowest BCUT2D eigenvalue weighted by Crippen LogP contribution is -2.27. The molecule has 0 aromatic rings. The van der Waals surface area contributed by atoms with Crippen molar-refractivity contribution in [1.29, 1.82) is 0 Å². The summed E-state index contributed by atoms with van der Waals surface area (Å²) in [5.41, 5.74) is 1.18. The van der Waals surface area contributed by atoms with Gasteiger partial charge in [-0.2, -0.15) is 0 Å². The lowest BCUT2D eigenvalue weighted by atomic mass is 10.2. The molecule has 0 aromatic heterocycles. The Balaban J connectivity index is 3.42. The van der Waals surface area contributed by atoms with Crippen molar-refractivity contribution in [2.24, 2.45) is 0 Å². The molecule has 0 aliphatic heterocycles. The molecule has 0 atom stereocenters. The van der Waals surface area contributed by atoms with Gasteiger partial charge in [0.05, 0.1) is 0 Å². The molecule has 0 saturated carbocycles. The van der Waals surface area contributed by atoms with Crippen LogP contribution in [-0.4, -0.2) is 30.6 Å². The Kier molecular flexibility index (Phi) is 7.49. The molecule has 0 spiro atoms. The van der Waals surface area contributed by atoms with E-state index in [1.807, 2.05) is 0 Å². The van der Waals surface area contributed by atoms with Crippen molar-refractivity contribution >= 4 is 0 Å². The van der Waals surface area contributed by atoms with Crippen molar-refractivity contribution in [1.82, 2.24) is 10.2 Å². The molecule has 15 heavy (non-hydrogen) atoms. The number of hydrogen-bond donors (Lipinski definition) is 1. The third-order valence-electron chi connectivity index (χ3n) is 2.61. The third kappa shape index (κ3) is 8.49. The molecular weight excluding hydrogens is 184 g/mol. The van der Waals surface area contributed by atoms with Gasteiger partial charge in [0, 0.05) is 17.8 Å². The van der Waals surface area contributed by atoms with Crippen molar-refractivity contribution in [2.75, 3.05) is 13.6 Å². The van der Waals surface area contributed by atoms with Gasteiger partial charge in [-0.15, -0.1) is 0 Å². The van der Waals surface area contributed by atoms with Crippen LogP contribution in [0.1, 0.15) is 47.0 Å². The second-order valence-electron chi connectivity index (χ2n) is 4.93. The molecule has 0 saturated heterocycles. The van der Waals surface area contributed by atoms with Gasteiger partial charge in [-0.3, -0.25) is 0 Å². The molecule has 2 heteroatoms. The molecule has 0 radical (unpaired) electrons. The summed E-state index contributed by atoms with van der Waals surface area (Å²) in [5, 5.41) is 3.35. The zero-order valence-corrected chi connectivity index (χ0v) is 11.1. The predicted octanol–water partition coefficient (Wildman–Crippen LogP) is 3.01. The largest absolute Gasteiger partial charge is 0.387 e. The molecule has 90 valence electrons. The zero-order chi connectivity index (χ0) is 11.8. The van der Waals surface area contributed by atoms with E-state index in [0.29, 0.717) is 12.1 Å². The quantitative estimate of drug-likeness (QED) is 0.622. The van der Waals surface area contributed by atoms with Crippen LogP contribution >= 0.6 is 0 Å². The minimum atomic E-state index is 0.510. The van der Waals surface area contributed by atoms with Crippen LogP contribution in [0, 0.1) is 0 Å². The fraction of sp³-hybridized carbons (Fsp3) is 0.846. The van der Waals surface area contributed by atoms with E-state index in [1.54, 1.807) is 0 Å². The maximum absolute atomic E-state index is 4.02. The summed E-state index contributed by atoms with van der Waals surface area (Å²) in [6.45, 7) is 14.0. The van der Waals surface area contributed by atoms with E-state index >= 15 is 0 Å². The van der Waals surface area contributed by atoms with E-state index in [0.717, 1.165) is 6.42 Å². The number of allylic oxidation sites excluding steroid dienone is 1. The van der Waals surface area contributed by atoms with Crippen LogP contribution in [0.15, 0.2) is 12.3 Å². The monoisotopic (exact) mass is 212 g/mol. The molecule has 0 aromatic carbocycles. The third-order valence-corrected chi connectivity index (χ3v) is 2.61. The summed E-state index contributed by atoms with van der Waals surface area (Å²) in [6, 6.07) is 1.16. The van der Waals surface area contributed by atoms with Crippen molar-refractivity contribution in [3.05, 3.63) is 12.3 Å². The van der Waals surface area contributed by atoms with E-state index in [-0.39, 0.29) is 0 Å². The molecule has 0 amide bonds. The van der Waals surface area contributed by atoms with Crippen LogP contribution in [0.2, 0.25) is 0 Å². The van der Waals surface area contributed by atoms with Crippen molar-refractivity contribution in [3.63, 3.8) is 0 Å². The van der Waals surface area contributed by atoms with Gasteiger partial charge in [-0.25, -0.2) is 0 Å². The van der Waals surface area contributed by atoms with Crippen molar-refractivity contribution < 1.29 is 0 Å². The standard InChI is InChI=1S/C13H28N2/c1-11(2)14-13(5)9-7-8-10-15(6)12(3)4/h11-12,14H,5,7-10H2,1-4,6H3. The van der Waals surface area contributed by atoms with Crippen molar-refractivity contribution in [2.45, 2.75) is 59.0 Å². The zero-order valence-electron chi connectivity index (χ0n) is 11.1. The summed E-state index contributed by atoms with van der Waals surface area (Å²) in [7, 11) is 2.19. The van der Waals surface area contributed by atoms with Crippen LogP contribution in [0.4, 0.5) is 0 Å². The van der Waals surface area contributed by atoms with Gasteiger partial charge in [0.2, 0.25) is 0 Å². The molecule has 0 fully saturated rings. The molecule has 0 heterocycles. The van der Waals surface area contributed by atoms with E-state index in [2.05, 4.69) is 51.5 Å². The molecule has 0 aliphatic carbocycles. The maximum atomic E-state index is 4.02. The highest BCUT2D eigenvalue weighted by atomic mass is 15.1. The molecule has 0 aliphatic rings. The summed E-state index contributed by atoms with van der Waals surface area (Å²) < 4.78 is 0. The fourth-order valence-electron chi connectivity index (χ4n) is 1.44. The molecule has 0 rings (SSSR count). The van der Waals surface area contributed by atoms with Crippen LogP contribution in [0.3, 0.4) is 0 Å². The molecule has 1 N–H and O–H groups in total. The average molecular weight is 212 g/mol. The van der Waals surface area contributed by atoms with Crippen LogP contribution in [0.5, 0.6) is 0 Å². The first-order valence-electron chi connectivity index (χ1n) is 6.08. The number of rotatable bonds is 8. The number of hydrogen-bond acceptors (Lipinski definition) is 2.